The van der Waals surface area contributed by atoms with Crippen LogP contribution < -0.4 is 5.32 Å². The number of rotatable bonds is 3. The molecule has 0 aliphatic carbocycles. The van der Waals surface area contributed by atoms with Crippen molar-refractivity contribution in [1.82, 2.24) is 0 Å². The van der Waals surface area contributed by atoms with Crippen molar-refractivity contribution in [1.29, 1.82) is 0 Å². The van der Waals surface area contributed by atoms with Gasteiger partial charge in [-0.25, -0.2) is 0 Å². The maximum Gasteiger partial charge on any atom is 0.193 e. The van der Waals surface area contributed by atoms with E-state index in [9.17, 15) is 4.79 Å². The van der Waals surface area contributed by atoms with Crippen LogP contribution in [-0.2, 0) is 0 Å². The molecule has 5 rings (SSSR count). The van der Waals surface area contributed by atoms with Crippen LogP contribution >= 0.6 is 27.7 Å². The van der Waals surface area contributed by atoms with Crippen LogP contribution in [0.4, 0.5) is 11.4 Å². The molecule has 1 aliphatic rings. The minimum absolute atomic E-state index is 0.0294. The van der Waals surface area contributed by atoms with E-state index in [0.717, 1.165) is 27.0 Å². The molecule has 0 amide bonds. The number of hydrogen-bond donors (Lipinski definition) is 1. The number of ketones is 1. The minimum atomic E-state index is 0.0294. The van der Waals surface area contributed by atoms with Gasteiger partial charge in [0, 0.05) is 31.0 Å². The molecular formula is C25H16BrNOS. The Labute approximate surface area is 182 Å². The van der Waals surface area contributed by atoms with E-state index in [1.165, 1.54) is 9.79 Å². The molecule has 0 bridgehead atoms. The highest BCUT2D eigenvalue weighted by Crippen LogP contribution is 2.47. The summed E-state index contributed by atoms with van der Waals surface area (Å²) in [6.45, 7) is 0. The zero-order valence-electron chi connectivity index (χ0n) is 15.4. The molecule has 0 atom stereocenters. The second kappa shape index (κ2) is 7.54. The summed E-state index contributed by atoms with van der Waals surface area (Å²) in [5.41, 5.74) is 5.83. The van der Waals surface area contributed by atoms with Gasteiger partial charge >= 0.3 is 0 Å². The number of fused-ring (bicyclic) bond motifs is 2. The van der Waals surface area contributed by atoms with E-state index < -0.39 is 0 Å². The first-order chi connectivity index (χ1) is 14.2. The Hall–Kier alpha value is -2.82. The lowest BCUT2D eigenvalue weighted by Crippen LogP contribution is -2.02. The Bertz CT molecular complexity index is 1220. The van der Waals surface area contributed by atoms with Gasteiger partial charge in [-0.05, 0) is 48.0 Å². The van der Waals surface area contributed by atoms with E-state index in [-0.39, 0.29) is 5.78 Å². The number of carbonyl (C=O) groups is 1. The van der Waals surface area contributed by atoms with Crippen LogP contribution in [0.2, 0.25) is 0 Å². The van der Waals surface area contributed by atoms with Crippen molar-refractivity contribution in [2.45, 2.75) is 9.79 Å². The maximum atomic E-state index is 12.7. The Morgan fingerprint density at radius 1 is 0.724 bits per heavy atom. The average Bonchev–Trinajstić information content (AvgIpc) is 2.77. The van der Waals surface area contributed by atoms with Gasteiger partial charge in [-0.1, -0.05) is 76.2 Å². The van der Waals surface area contributed by atoms with Gasteiger partial charge in [0.25, 0.3) is 0 Å². The van der Waals surface area contributed by atoms with E-state index in [2.05, 4.69) is 57.6 Å². The molecule has 0 spiro atoms. The lowest BCUT2D eigenvalue weighted by atomic mass is 9.98. The van der Waals surface area contributed by atoms with Crippen molar-refractivity contribution in [3.63, 3.8) is 0 Å². The third kappa shape index (κ3) is 3.50. The van der Waals surface area contributed by atoms with Crippen molar-refractivity contribution >= 4 is 44.8 Å². The summed E-state index contributed by atoms with van der Waals surface area (Å²) in [6, 6.07) is 30.0. The first-order valence-corrected chi connectivity index (χ1v) is 10.9. The standard InChI is InChI=1S/C25H16BrNOS/c26-19-14-12-18(13-15-19)25(28)17-10-8-16(9-11-17)20-4-3-7-23-24(20)27-21-5-1-2-6-22(21)29-23/h1-15,27H. The monoisotopic (exact) mass is 457 g/mol. The molecule has 29 heavy (non-hydrogen) atoms. The quantitative estimate of drug-likeness (QED) is 0.283. The van der Waals surface area contributed by atoms with Gasteiger partial charge in [0.1, 0.15) is 0 Å². The minimum Gasteiger partial charge on any atom is -0.353 e. The molecule has 1 N–H and O–H groups in total. The Balaban J connectivity index is 1.47. The summed E-state index contributed by atoms with van der Waals surface area (Å²) in [5.74, 6) is 0.0294. The normalized spacial score (nSPS) is 11.9. The zero-order chi connectivity index (χ0) is 19.8. The molecule has 0 unspecified atom stereocenters. The van der Waals surface area contributed by atoms with Crippen LogP contribution in [0.25, 0.3) is 11.1 Å². The SMILES string of the molecule is O=C(c1ccc(Br)cc1)c1ccc(-c2cccc3c2Nc2ccccc2S3)cc1. The predicted molar refractivity (Wildman–Crippen MR) is 123 cm³/mol. The van der Waals surface area contributed by atoms with Gasteiger partial charge in [0.15, 0.2) is 5.78 Å². The predicted octanol–water partition coefficient (Wildman–Crippen LogP) is 7.56. The molecule has 140 valence electrons. The molecular weight excluding hydrogens is 442 g/mol. The molecule has 1 heterocycles. The fraction of sp³-hybridized carbons (Fsp3) is 0. The summed E-state index contributed by atoms with van der Waals surface area (Å²) in [5, 5.41) is 3.58. The van der Waals surface area contributed by atoms with Crippen LogP contribution in [0.3, 0.4) is 0 Å². The number of carbonyl (C=O) groups excluding carboxylic acids is 1. The smallest absolute Gasteiger partial charge is 0.193 e. The molecule has 4 aromatic carbocycles. The number of nitrogens with one attached hydrogen (secondary N) is 1. The van der Waals surface area contributed by atoms with Gasteiger partial charge in [-0.15, -0.1) is 0 Å². The highest BCUT2D eigenvalue weighted by Gasteiger charge is 2.19. The van der Waals surface area contributed by atoms with E-state index in [0.29, 0.717) is 11.1 Å². The third-order valence-corrected chi connectivity index (χ3v) is 6.62. The molecule has 0 fully saturated rings. The fourth-order valence-corrected chi connectivity index (χ4v) is 4.75. The molecule has 0 aromatic heterocycles. The molecule has 2 nitrogen and oxygen atoms in total. The van der Waals surface area contributed by atoms with E-state index in [4.69, 9.17) is 0 Å². The Morgan fingerprint density at radius 3 is 2.14 bits per heavy atom. The fourth-order valence-electron chi connectivity index (χ4n) is 3.47. The van der Waals surface area contributed by atoms with Crippen LogP contribution in [0, 0.1) is 0 Å². The molecule has 4 heteroatoms. The summed E-state index contributed by atoms with van der Waals surface area (Å²) in [4.78, 5) is 15.2. The van der Waals surface area contributed by atoms with Gasteiger partial charge < -0.3 is 5.32 Å². The number of anilines is 2. The number of hydrogen-bond acceptors (Lipinski definition) is 3. The third-order valence-electron chi connectivity index (χ3n) is 4.96. The van der Waals surface area contributed by atoms with Gasteiger partial charge in [0.2, 0.25) is 0 Å². The van der Waals surface area contributed by atoms with E-state index in [1.54, 1.807) is 11.8 Å². The van der Waals surface area contributed by atoms with Crippen molar-refractivity contribution in [2.24, 2.45) is 0 Å². The van der Waals surface area contributed by atoms with Crippen LogP contribution in [0.1, 0.15) is 15.9 Å². The Kier molecular flexibility index (Phi) is 4.74. The average molecular weight is 458 g/mol. The Morgan fingerprint density at radius 2 is 1.38 bits per heavy atom. The van der Waals surface area contributed by atoms with Crippen molar-refractivity contribution in [3.8, 4) is 11.1 Å². The van der Waals surface area contributed by atoms with Crippen molar-refractivity contribution in [3.05, 3.63) is 107 Å². The summed E-state index contributed by atoms with van der Waals surface area (Å²) in [6.07, 6.45) is 0. The largest absolute Gasteiger partial charge is 0.353 e. The lowest BCUT2D eigenvalue weighted by molar-refractivity contribution is 0.103. The summed E-state index contributed by atoms with van der Waals surface area (Å²) < 4.78 is 0.963. The van der Waals surface area contributed by atoms with E-state index in [1.807, 2.05) is 54.6 Å². The van der Waals surface area contributed by atoms with Gasteiger partial charge in [-0.2, -0.15) is 0 Å². The second-order valence-electron chi connectivity index (χ2n) is 6.82. The number of benzene rings is 4. The number of halogens is 1. The highest BCUT2D eigenvalue weighted by atomic mass is 79.9. The summed E-state index contributed by atoms with van der Waals surface area (Å²) in [7, 11) is 0. The molecule has 0 radical (unpaired) electrons. The van der Waals surface area contributed by atoms with Gasteiger partial charge in [-0.3, -0.25) is 4.79 Å². The maximum absolute atomic E-state index is 12.7. The van der Waals surface area contributed by atoms with E-state index >= 15 is 0 Å². The summed E-state index contributed by atoms with van der Waals surface area (Å²) >= 11 is 5.18. The van der Waals surface area contributed by atoms with Crippen LogP contribution in [-0.4, -0.2) is 5.78 Å². The highest BCUT2D eigenvalue weighted by molar-refractivity contribution is 9.10. The second-order valence-corrected chi connectivity index (χ2v) is 8.81. The molecule has 4 aromatic rings. The lowest BCUT2D eigenvalue weighted by Gasteiger charge is -2.23. The van der Waals surface area contributed by atoms with Crippen LogP contribution in [0.5, 0.6) is 0 Å². The van der Waals surface area contributed by atoms with Gasteiger partial charge in [0.05, 0.1) is 11.4 Å². The molecule has 0 saturated heterocycles. The topological polar surface area (TPSA) is 29.1 Å². The molecule has 1 aliphatic heterocycles. The first-order valence-electron chi connectivity index (χ1n) is 9.27. The van der Waals surface area contributed by atoms with Crippen LogP contribution in [0.15, 0.2) is 105 Å². The van der Waals surface area contributed by atoms with Crippen molar-refractivity contribution < 1.29 is 4.79 Å². The number of para-hydroxylation sites is 2. The zero-order valence-corrected chi connectivity index (χ0v) is 17.8. The van der Waals surface area contributed by atoms with Crippen molar-refractivity contribution in [2.75, 3.05) is 5.32 Å². The molecule has 0 saturated carbocycles. The first kappa shape index (κ1) is 18.2.